The number of methoxy groups -OCH3 is 3. The minimum atomic E-state index is -0.948. The van der Waals surface area contributed by atoms with E-state index in [0.29, 0.717) is 49.9 Å². The zero-order valence-corrected chi connectivity index (χ0v) is 37.3. The maximum atomic E-state index is 14.3. The average Bonchev–Trinajstić information content (AvgIpc) is 4.15. The Morgan fingerprint density at radius 2 is 1.58 bits per heavy atom. The quantitative estimate of drug-likeness (QED) is 0.101. The molecule has 16 nitrogen and oxygen atoms in total. The summed E-state index contributed by atoms with van der Waals surface area (Å²) in [7, 11) is 4.22. The molecule has 0 spiro atoms. The van der Waals surface area contributed by atoms with Crippen LogP contribution in [0.3, 0.4) is 0 Å². The number of hydrogen-bond acceptors (Lipinski definition) is 10. The minimum Gasteiger partial charge on any atom is -0.488 e. The van der Waals surface area contributed by atoms with E-state index in [1.807, 2.05) is 55.1 Å². The summed E-state index contributed by atoms with van der Waals surface area (Å²) in [6.45, 7) is 7.76. The number of aromatic nitrogens is 4. The molecule has 0 radical (unpaired) electrons. The van der Waals surface area contributed by atoms with Crippen molar-refractivity contribution in [2.24, 2.45) is 17.8 Å². The van der Waals surface area contributed by atoms with Crippen LogP contribution >= 0.6 is 0 Å². The van der Waals surface area contributed by atoms with Gasteiger partial charge in [-0.3, -0.25) is 9.59 Å². The molecule has 2 fully saturated rings. The Bertz CT molecular complexity index is 2770. The van der Waals surface area contributed by atoms with E-state index in [1.54, 1.807) is 18.2 Å². The lowest BCUT2D eigenvalue weighted by molar-refractivity contribution is -0.136. The number of ether oxygens (including phenoxy) is 4. The average molecular weight is 883 g/mol. The number of fused-ring (bicyclic) bond motifs is 6. The van der Waals surface area contributed by atoms with Gasteiger partial charge in [0, 0.05) is 37.1 Å². The predicted molar refractivity (Wildman–Crippen MR) is 243 cm³/mol. The summed E-state index contributed by atoms with van der Waals surface area (Å²) < 4.78 is 21.7. The van der Waals surface area contributed by atoms with Gasteiger partial charge in [0.05, 0.1) is 55.8 Å². The molecule has 0 aliphatic carbocycles. The molecular formula is C49H54N8O8. The Balaban J connectivity index is 0.974. The van der Waals surface area contributed by atoms with E-state index in [-0.39, 0.29) is 41.7 Å². The van der Waals surface area contributed by atoms with Crippen molar-refractivity contribution in [3.63, 3.8) is 0 Å². The lowest BCUT2D eigenvalue weighted by Gasteiger charge is -2.30. The highest BCUT2D eigenvalue weighted by Crippen LogP contribution is 2.44. The highest BCUT2D eigenvalue weighted by atomic mass is 16.5. The van der Waals surface area contributed by atoms with E-state index in [4.69, 9.17) is 28.9 Å². The van der Waals surface area contributed by atoms with Gasteiger partial charge in [0.25, 0.3) is 5.91 Å². The van der Waals surface area contributed by atoms with Crippen LogP contribution in [-0.2, 0) is 30.4 Å². The minimum absolute atomic E-state index is 0.0678. The van der Waals surface area contributed by atoms with Crippen LogP contribution in [0, 0.1) is 17.8 Å². The van der Waals surface area contributed by atoms with Crippen LogP contribution in [0.2, 0.25) is 0 Å². The molecule has 3 aliphatic heterocycles. The number of nitrogens with zero attached hydrogens (tertiary/aromatic N) is 4. The third-order valence-corrected chi connectivity index (χ3v) is 13.0. The molecule has 2 unspecified atom stereocenters. The van der Waals surface area contributed by atoms with Gasteiger partial charge in [-0.1, -0.05) is 69.3 Å². The number of H-pyrrole nitrogens is 2. The molecule has 0 saturated carbocycles. The zero-order valence-electron chi connectivity index (χ0n) is 37.3. The van der Waals surface area contributed by atoms with E-state index >= 15 is 0 Å². The fraction of sp³-hybridized carbons (Fsp3) is 0.388. The summed E-state index contributed by atoms with van der Waals surface area (Å²) in [4.78, 5) is 73.4. The van der Waals surface area contributed by atoms with Crippen LogP contribution < -0.4 is 15.4 Å². The Labute approximate surface area is 376 Å². The molecule has 6 atom stereocenters. The first-order valence-corrected chi connectivity index (χ1v) is 22.1. The molecule has 338 valence electrons. The number of carbonyl (C=O) groups excluding carboxylic acids is 4. The van der Waals surface area contributed by atoms with Gasteiger partial charge in [-0.05, 0) is 76.6 Å². The maximum Gasteiger partial charge on any atom is 0.407 e. The number of amides is 4. The Kier molecular flexibility index (Phi) is 11.9. The molecule has 0 bridgehead atoms. The zero-order chi connectivity index (χ0) is 45.5. The van der Waals surface area contributed by atoms with Crippen molar-refractivity contribution in [3.8, 4) is 28.1 Å². The molecule has 4 aromatic carbocycles. The highest BCUT2D eigenvalue weighted by Gasteiger charge is 2.42. The topological polar surface area (TPSA) is 193 Å². The van der Waals surface area contributed by atoms with Crippen LogP contribution in [0.25, 0.3) is 44.2 Å². The SMILES string of the molecule is COC[C@H]1C[C@@H](c2ncc(-c3ccc4c(c3)COc3cc5c(ccc6[nH]c([C@@H]7C[C@H](C)CN7C(=O)C(NC(=O)OC)C(C)C)nc65)cc3-4)[nH]2)N(C(=O)C(NC(=O)OC)c2ccccc2)C1. The van der Waals surface area contributed by atoms with Gasteiger partial charge in [-0.25, -0.2) is 19.6 Å². The van der Waals surface area contributed by atoms with Crippen molar-refractivity contribution >= 4 is 45.8 Å². The molecule has 65 heavy (non-hydrogen) atoms. The molecule has 5 heterocycles. The molecule has 16 heteroatoms. The van der Waals surface area contributed by atoms with E-state index in [0.717, 1.165) is 61.9 Å². The van der Waals surface area contributed by atoms with Gasteiger partial charge in [0.15, 0.2) is 0 Å². The molecule has 4 amide bonds. The smallest absolute Gasteiger partial charge is 0.407 e. The summed E-state index contributed by atoms with van der Waals surface area (Å²) >= 11 is 0. The van der Waals surface area contributed by atoms with Crippen LogP contribution in [0.15, 0.2) is 79.0 Å². The highest BCUT2D eigenvalue weighted by molar-refractivity contribution is 6.07. The van der Waals surface area contributed by atoms with Crippen LogP contribution in [0.1, 0.15) is 74.5 Å². The second-order valence-corrected chi connectivity index (χ2v) is 17.7. The van der Waals surface area contributed by atoms with E-state index < -0.39 is 24.3 Å². The Morgan fingerprint density at radius 1 is 0.831 bits per heavy atom. The van der Waals surface area contributed by atoms with Crippen LogP contribution in [0.4, 0.5) is 9.59 Å². The van der Waals surface area contributed by atoms with E-state index in [2.05, 4.69) is 63.9 Å². The number of nitrogens with one attached hydrogen (secondary N) is 4. The summed E-state index contributed by atoms with van der Waals surface area (Å²) in [5.74, 6) is 1.86. The maximum absolute atomic E-state index is 14.3. The van der Waals surface area contributed by atoms with Gasteiger partial charge >= 0.3 is 12.2 Å². The van der Waals surface area contributed by atoms with Gasteiger partial charge in [-0.2, -0.15) is 0 Å². The number of benzene rings is 4. The van der Waals surface area contributed by atoms with Gasteiger partial charge in [-0.15, -0.1) is 0 Å². The number of rotatable bonds is 11. The second kappa shape index (κ2) is 17.9. The molecule has 4 N–H and O–H groups in total. The first-order valence-electron chi connectivity index (χ1n) is 22.1. The van der Waals surface area contributed by atoms with Crippen molar-refractivity contribution < 1.29 is 38.1 Å². The molecule has 6 aromatic rings. The summed E-state index contributed by atoms with van der Waals surface area (Å²) in [5, 5.41) is 7.41. The predicted octanol–water partition coefficient (Wildman–Crippen LogP) is 7.59. The van der Waals surface area contributed by atoms with Crippen molar-refractivity contribution in [2.45, 2.75) is 64.4 Å². The molecule has 2 aromatic heterocycles. The third kappa shape index (κ3) is 8.34. The molecular weight excluding hydrogens is 829 g/mol. The van der Waals surface area contributed by atoms with Crippen LogP contribution in [-0.4, -0.2) is 101 Å². The van der Waals surface area contributed by atoms with Crippen molar-refractivity contribution in [1.29, 1.82) is 0 Å². The van der Waals surface area contributed by atoms with Gasteiger partial charge in [0.2, 0.25) is 5.91 Å². The van der Waals surface area contributed by atoms with Crippen LogP contribution in [0.5, 0.6) is 5.75 Å². The third-order valence-electron chi connectivity index (χ3n) is 13.0. The first-order chi connectivity index (χ1) is 31.4. The summed E-state index contributed by atoms with van der Waals surface area (Å²) in [6, 6.07) is 21.4. The Hall–Kier alpha value is -6.94. The second-order valence-electron chi connectivity index (χ2n) is 17.7. The van der Waals surface area contributed by atoms with Gasteiger partial charge in [0.1, 0.15) is 36.1 Å². The lowest BCUT2D eigenvalue weighted by Crippen LogP contribution is -2.51. The number of alkyl carbamates (subject to hydrolysis) is 2. The Morgan fingerprint density at radius 3 is 2.34 bits per heavy atom. The monoisotopic (exact) mass is 882 g/mol. The number of likely N-dealkylation sites (tertiary alicyclic amines) is 2. The normalized spacial score (nSPS) is 20.0. The summed E-state index contributed by atoms with van der Waals surface area (Å²) in [5.41, 5.74) is 7.09. The molecule has 2 saturated heterocycles. The molecule has 9 rings (SSSR count). The molecule has 3 aliphatic rings. The lowest BCUT2D eigenvalue weighted by atomic mass is 9.92. The largest absolute Gasteiger partial charge is 0.488 e. The van der Waals surface area contributed by atoms with E-state index in [1.165, 1.54) is 14.2 Å². The van der Waals surface area contributed by atoms with Gasteiger partial charge < -0.3 is 49.3 Å². The number of imidazole rings is 2. The fourth-order valence-corrected chi connectivity index (χ4v) is 9.77. The van der Waals surface area contributed by atoms with E-state index in [9.17, 15) is 19.2 Å². The standard InChI is InChI=1S/C49H54N8O8/c1-26(2)41(54-48(60)63-5)46(58)56-22-27(3)16-38(56)45-51-36-15-13-30-19-35-33-14-12-31(18-32(33)25-65-40(35)20-34(30)43(36)53-45)37-21-50-44(52-37)39-17-28(24-62-4)23-57(39)47(59)42(55-49(61)64-6)29-10-8-7-9-11-29/h7-15,18-21,26-28,38-39,41-42H,16-17,22-25H2,1-6H3,(H,50,52)(H,51,53)(H,54,60)(H,55,61)/t27-,28-,38-,39-,41?,42?/m0/s1. The fourth-order valence-electron chi connectivity index (χ4n) is 9.77. The summed E-state index contributed by atoms with van der Waals surface area (Å²) in [6.07, 6.45) is 1.83. The first kappa shape index (κ1) is 43.3. The van der Waals surface area contributed by atoms with Crippen molar-refractivity contribution in [2.75, 3.05) is 41.0 Å². The number of carbonyl (C=O) groups is 4. The van der Waals surface area contributed by atoms with Crippen molar-refractivity contribution in [3.05, 3.63) is 102 Å². The number of hydrogen-bond donors (Lipinski definition) is 4. The van der Waals surface area contributed by atoms with Crippen molar-refractivity contribution in [1.82, 2.24) is 40.4 Å². The number of aromatic amines is 2.